The summed E-state index contributed by atoms with van der Waals surface area (Å²) >= 11 is 0. The topological polar surface area (TPSA) is 117 Å². The number of sulfonamides is 2. The third-order valence-electron chi connectivity index (χ3n) is 2.78. The molecule has 0 saturated heterocycles. The molecule has 0 aliphatic carbocycles. The van der Waals surface area contributed by atoms with Crippen LogP contribution in [0.5, 0.6) is 0 Å². The van der Waals surface area contributed by atoms with Crippen LogP contribution in [0.2, 0.25) is 0 Å². The van der Waals surface area contributed by atoms with Crippen LogP contribution in [0, 0.1) is 0 Å². The van der Waals surface area contributed by atoms with Crippen molar-refractivity contribution in [1.29, 1.82) is 0 Å². The Morgan fingerprint density at radius 1 is 1.03 bits per heavy atom. The Labute approximate surface area is 160 Å². The fourth-order valence-corrected chi connectivity index (χ4v) is 3.16. The Hall–Kier alpha value is -2.53. The fraction of sp³-hybridized carbons (Fsp3) is 0.250. The molecule has 0 unspecified atom stereocenters. The van der Waals surface area contributed by atoms with Crippen LogP contribution in [-0.4, -0.2) is 42.7 Å². The van der Waals surface area contributed by atoms with Gasteiger partial charge < -0.3 is 4.13 Å². The zero-order chi connectivity index (χ0) is 22.7. The molecule has 2 aromatic heterocycles. The van der Waals surface area contributed by atoms with E-state index in [0.29, 0.717) is 0 Å². The van der Waals surface area contributed by atoms with Crippen molar-refractivity contribution >= 4 is 26.1 Å². The minimum absolute atomic E-state index is 0.778. The molecule has 2 rings (SSSR count). The number of rotatable bonds is 4. The van der Waals surface area contributed by atoms with Crippen molar-refractivity contribution in [2.75, 3.05) is 0 Å². The van der Waals surface area contributed by atoms with Gasteiger partial charge in [0.15, 0.2) is 37.6 Å². The molecule has 0 radical (unpaired) electrons. The quantitative estimate of drug-likeness (QED) is 0.500. The molecule has 0 saturated carbocycles. The lowest BCUT2D eigenvalue weighted by atomic mass is 10.4. The summed E-state index contributed by atoms with van der Waals surface area (Å²) < 4.78 is 113. The van der Waals surface area contributed by atoms with E-state index in [-0.39, 0.29) is 0 Å². The molecule has 0 fully saturated rings. The number of aryl methyl sites for hydroxylation is 1. The van der Waals surface area contributed by atoms with Crippen LogP contribution in [0.25, 0.3) is 15.9 Å². The summed E-state index contributed by atoms with van der Waals surface area (Å²) in [5, 5.41) is 4.29. The summed E-state index contributed by atoms with van der Waals surface area (Å²) in [7, 11) is -11.6. The Kier molecular flexibility index (Phi) is 7.15. The Morgan fingerprint density at radius 2 is 1.48 bits per heavy atom. The number of hydrogen-bond acceptors (Lipinski definition) is 6. The molecular weight excluding hydrogens is 456 g/mol. The molecule has 0 spiro atoms. The van der Waals surface area contributed by atoms with Gasteiger partial charge in [0.1, 0.15) is 7.05 Å². The van der Waals surface area contributed by atoms with Crippen LogP contribution in [0.3, 0.4) is 0 Å². The second kappa shape index (κ2) is 8.46. The molecule has 0 aromatic carbocycles. The highest BCUT2D eigenvalue weighted by Gasteiger charge is 2.46. The maximum absolute atomic E-state index is 11.4. The number of pyridine rings is 1. The molecule has 0 amide bonds. The third kappa shape index (κ3) is 6.23. The highest BCUT2D eigenvalue weighted by Crippen LogP contribution is 2.36. The lowest BCUT2D eigenvalue weighted by Gasteiger charge is -2.22. The van der Waals surface area contributed by atoms with E-state index in [1.165, 1.54) is 0 Å². The summed E-state index contributed by atoms with van der Waals surface area (Å²) in [6.07, 6.45) is 7.17. The number of nitrogens with zero attached hydrogens (tertiary/aromatic N) is 5. The van der Waals surface area contributed by atoms with Crippen molar-refractivity contribution in [2.45, 2.75) is 11.0 Å². The van der Waals surface area contributed by atoms with Crippen LogP contribution in [0.4, 0.5) is 26.3 Å². The van der Waals surface area contributed by atoms with Gasteiger partial charge in [0, 0.05) is 24.5 Å². The average molecular weight is 467 g/mol. The van der Waals surface area contributed by atoms with Gasteiger partial charge in [-0.1, -0.05) is 6.58 Å². The first-order valence-electron chi connectivity index (χ1n) is 6.87. The maximum atomic E-state index is 11.4. The average Bonchev–Trinajstić information content (AvgIpc) is 2.94. The van der Waals surface area contributed by atoms with Crippen molar-refractivity contribution in [3.05, 3.63) is 47.1 Å². The zero-order valence-corrected chi connectivity index (χ0v) is 15.8. The first-order valence-corrected chi connectivity index (χ1v) is 9.75. The smallest absolute Gasteiger partial charge is 0.421 e. The first-order chi connectivity index (χ1) is 13.0. The SMILES string of the molecule is C=Cc1cn(-c2ccncc2)n[n+]1C.O=S(=O)([N-]S(=O)(=O)C(F)(F)F)C(F)(F)F. The molecule has 2 heterocycles. The van der Waals surface area contributed by atoms with Crippen LogP contribution >= 0.6 is 0 Å². The lowest BCUT2D eigenvalue weighted by Crippen LogP contribution is -2.33. The highest BCUT2D eigenvalue weighted by atomic mass is 32.3. The second-order valence-electron chi connectivity index (χ2n) is 4.84. The van der Waals surface area contributed by atoms with Gasteiger partial charge in [-0.2, -0.15) is 26.3 Å². The Bertz CT molecular complexity index is 1020. The van der Waals surface area contributed by atoms with Gasteiger partial charge in [-0.3, -0.25) is 4.98 Å². The standard InChI is InChI=1S/C10H11N4.C2F6NO4S2/c1-3-9-8-14(12-13(9)2)10-4-6-11-7-5-10;3-1(4,5)14(10,11)9-15(12,13)2(6,7)8/h3-8H,1H2,2H3;/q+1;-1. The van der Waals surface area contributed by atoms with E-state index in [4.69, 9.17) is 0 Å². The van der Waals surface area contributed by atoms with Crippen LogP contribution in [0.1, 0.15) is 5.69 Å². The number of halogens is 6. The van der Waals surface area contributed by atoms with E-state index < -0.39 is 31.1 Å². The molecule has 0 bridgehead atoms. The Morgan fingerprint density at radius 3 is 1.83 bits per heavy atom. The van der Waals surface area contributed by atoms with Crippen molar-refractivity contribution in [3.63, 3.8) is 0 Å². The van der Waals surface area contributed by atoms with E-state index in [1.807, 2.05) is 25.4 Å². The van der Waals surface area contributed by atoms with E-state index in [1.54, 1.807) is 27.8 Å². The molecule has 17 heteroatoms. The highest BCUT2D eigenvalue weighted by molar-refractivity contribution is 8.13. The maximum Gasteiger partial charge on any atom is 0.480 e. The predicted molar refractivity (Wildman–Crippen MR) is 85.9 cm³/mol. The van der Waals surface area contributed by atoms with Gasteiger partial charge in [0.25, 0.3) is 0 Å². The van der Waals surface area contributed by atoms with Crippen LogP contribution < -0.4 is 4.68 Å². The molecule has 2 aromatic rings. The van der Waals surface area contributed by atoms with Gasteiger partial charge in [-0.15, -0.1) is 9.36 Å². The molecule has 162 valence electrons. The summed E-state index contributed by atoms with van der Waals surface area (Å²) in [5.41, 5.74) is -10.4. The molecule has 9 nitrogen and oxygen atoms in total. The molecule has 0 aliphatic heterocycles. The van der Waals surface area contributed by atoms with Gasteiger partial charge >= 0.3 is 11.0 Å². The number of hydrogen-bond donors (Lipinski definition) is 0. The van der Waals surface area contributed by atoms with Crippen molar-refractivity contribution in [1.82, 2.24) is 14.9 Å². The van der Waals surface area contributed by atoms with Gasteiger partial charge in [-0.25, -0.2) is 16.8 Å². The monoisotopic (exact) mass is 467 g/mol. The predicted octanol–water partition coefficient (Wildman–Crippen LogP) is 1.79. The number of aromatic nitrogens is 4. The summed E-state index contributed by atoms with van der Waals surface area (Å²) in [4.78, 5) is 3.95. The number of alkyl halides is 6. The van der Waals surface area contributed by atoms with Crippen LogP contribution in [-0.2, 0) is 27.1 Å². The van der Waals surface area contributed by atoms with E-state index in [2.05, 4.69) is 16.8 Å². The van der Waals surface area contributed by atoms with E-state index in [0.717, 1.165) is 15.5 Å². The van der Waals surface area contributed by atoms with Crippen molar-refractivity contribution in [2.24, 2.45) is 7.05 Å². The molecular formula is C12H11F6N5O4S2. The fourth-order valence-electron chi connectivity index (χ4n) is 1.45. The van der Waals surface area contributed by atoms with Crippen molar-refractivity contribution < 1.29 is 47.9 Å². The van der Waals surface area contributed by atoms with Crippen molar-refractivity contribution in [3.8, 4) is 5.69 Å². The summed E-state index contributed by atoms with van der Waals surface area (Å²) in [6, 6.07) is 3.81. The van der Waals surface area contributed by atoms with Gasteiger partial charge in [0.05, 0.1) is 5.21 Å². The van der Waals surface area contributed by atoms with Crippen LogP contribution in [0.15, 0.2) is 37.3 Å². The molecule has 29 heavy (non-hydrogen) atoms. The largest absolute Gasteiger partial charge is 0.480 e. The van der Waals surface area contributed by atoms with E-state index in [9.17, 15) is 43.2 Å². The molecule has 0 aliphatic rings. The van der Waals surface area contributed by atoms with Gasteiger partial charge in [-0.05, 0) is 6.08 Å². The first kappa shape index (κ1) is 24.5. The molecule has 0 N–H and O–H groups in total. The van der Waals surface area contributed by atoms with E-state index >= 15 is 0 Å². The Balaban J connectivity index is 0.000000290. The second-order valence-corrected chi connectivity index (χ2v) is 8.26. The van der Waals surface area contributed by atoms with Gasteiger partial charge in [0.2, 0.25) is 0 Å². The lowest BCUT2D eigenvalue weighted by molar-refractivity contribution is -0.733. The zero-order valence-electron chi connectivity index (χ0n) is 14.1. The summed E-state index contributed by atoms with van der Waals surface area (Å²) in [6.45, 7) is 3.71. The minimum Gasteiger partial charge on any atom is -0.421 e. The summed E-state index contributed by atoms with van der Waals surface area (Å²) in [5.74, 6) is 0. The third-order valence-corrected chi connectivity index (χ3v) is 5.52. The minimum atomic E-state index is -6.72. The normalized spacial score (nSPS) is 12.8. The molecule has 0 atom stereocenters.